The fourth-order valence-corrected chi connectivity index (χ4v) is 1.98. The lowest BCUT2D eigenvalue weighted by Gasteiger charge is -2.30. The molecule has 2 amide bonds. The minimum atomic E-state index is 0.0551. The van der Waals surface area contributed by atoms with Crippen LogP contribution in [0.15, 0.2) is 0 Å². The Labute approximate surface area is 90.0 Å². The Morgan fingerprint density at radius 2 is 1.73 bits per heavy atom. The molecule has 1 N–H and O–H groups in total. The van der Waals surface area contributed by atoms with E-state index in [1.54, 1.807) is 6.92 Å². The van der Waals surface area contributed by atoms with Crippen molar-refractivity contribution in [1.29, 1.82) is 0 Å². The van der Waals surface area contributed by atoms with E-state index in [1.165, 1.54) is 0 Å². The zero-order chi connectivity index (χ0) is 10.8. The number of Topliss-reactive ketones (excluding diaryl/α,β-unsaturated/α-hetero) is 1. The number of nitrogens with one attached hydrogen (secondary N) is 1. The third-order valence-electron chi connectivity index (χ3n) is 3.26. The van der Waals surface area contributed by atoms with Gasteiger partial charge in [0, 0.05) is 25.0 Å². The summed E-state index contributed by atoms with van der Waals surface area (Å²) in [5.41, 5.74) is 0. The highest BCUT2D eigenvalue weighted by atomic mass is 16.2. The standard InChI is InChI=1S/C11H18N2O2/c1-8(14)9-4-6-13(7-5-9)11(15)12-10-2-3-10/h9-10H,2-7H2,1H3,(H,12,15). The summed E-state index contributed by atoms with van der Waals surface area (Å²) in [5, 5.41) is 2.97. The lowest BCUT2D eigenvalue weighted by atomic mass is 9.93. The zero-order valence-electron chi connectivity index (χ0n) is 9.16. The SMILES string of the molecule is CC(=O)C1CCN(C(=O)NC2CC2)CC1. The molecule has 2 aliphatic rings. The minimum absolute atomic E-state index is 0.0551. The molecule has 1 heterocycles. The average molecular weight is 210 g/mol. The molecule has 4 nitrogen and oxygen atoms in total. The molecule has 0 unspecified atom stereocenters. The van der Waals surface area contributed by atoms with Crippen LogP contribution in [0.1, 0.15) is 32.6 Å². The summed E-state index contributed by atoms with van der Waals surface area (Å²) in [5.74, 6) is 0.437. The van der Waals surface area contributed by atoms with E-state index in [0.29, 0.717) is 6.04 Å². The van der Waals surface area contributed by atoms with Crippen molar-refractivity contribution in [2.24, 2.45) is 5.92 Å². The molecule has 2 fully saturated rings. The molecule has 84 valence electrons. The van der Waals surface area contributed by atoms with E-state index >= 15 is 0 Å². The molecular formula is C11H18N2O2. The summed E-state index contributed by atoms with van der Waals surface area (Å²) in [6.45, 7) is 3.09. The van der Waals surface area contributed by atoms with Gasteiger partial charge in [-0.15, -0.1) is 0 Å². The summed E-state index contributed by atoms with van der Waals surface area (Å²) in [6.07, 6.45) is 3.89. The first-order chi connectivity index (χ1) is 7.16. The number of carbonyl (C=O) groups excluding carboxylic acids is 2. The second kappa shape index (κ2) is 4.21. The molecule has 0 aromatic rings. The largest absolute Gasteiger partial charge is 0.335 e. The highest BCUT2D eigenvalue weighted by Crippen LogP contribution is 2.21. The van der Waals surface area contributed by atoms with Gasteiger partial charge in [0.05, 0.1) is 0 Å². The van der Waals surface area contributed by atoms with E-state index < -0.39 is 0 Å². The molecule has 2 rings (SSSR count). The van der Waals surface area contributed by atoms with E-state index in [-0.39, 0.29) is 17.7 Å². The van der Waals surface area contributed by atoms with Gasteiger partial charge in [0.1, 0.15) is 5.78 Å². The summed E-state index contributed by atoms with van der Waals surface area (Å²) in [4.78, 5) is 24.6. The Bertz CT molecular complexity index is 266. The molecule has 1 aliphatic carbocycles. The average Bonchev–Trinajstić information content (AvgIpc) is 3.02. The molecule has 1 saturated heterocycles. The number of likely N-dealkylation sites (tertiary alicyclic amines) is 1. The Morgan fingerprint density at radius 1 is 1.13 bits per heavy atom. The normalized spacial score (nSPS) is 22.6. The molecule has 15 heavy (non-hydrogen) atoms. The molecule has 0 radical (unpaired) electrons. The molecule has 4 heteroatoms. The Balaban J connectivity index is 1.76. The highest BCUT2D eigenvalue weighted by molar-refractivity contribution is 5.79. The first-order valence-electron chi connectivity index (χ1n) is 5.72. The van der Waals surface area contributed by atoms with E-state index in [4.69, 9.17) is 0 Å². The number of carbonyl (C=O) groups is 2. The van der Waals surface area contributed by atoms with E-state index in [2.05, 4.69) is 5.32 Å². The molecule has 0 spiro atoms. The number of hydrogen-bond donors (Lipinski definition) is 1. The van der Waals surface area contributed by atoms with Crippen molar-refractivity contribution in [2.75, 3.05) is 13.1 Å². The lowest BCUT2D eigenvalue weighted by Crippen LogP contribution is -2.45. The van der Waals surface area contributed by atoms with Gasteiger partial charge in [-0.2, -0.15) is 0 Å². The van der Waals surface area contributed by atoms with Crippen LogP contribution in [0.5, 0.6) is 0 Å². The third kappa shape index (κ3) is 2.70. The Morgan fingerprint density at radius 3 is 2.20 bits per heavy atom. The number of urea groups is 1. The molecule has 0 bridgehead atoms. The third-order valence-corrected chi connectivity index (χ3v) is 3.26. The maximum absolute atomic E-state index is 11.7. The second-order valence-corrected chi connectivity index (χ2v) is 4.60. The van der Waals surface area contributed by atoms with Gasteiger partial charge in [-0.25, -0.2) is 4.79 Å². The lowest BCUT2D eigenvalue weighted by molar-refractivity contribution is -0.121. The summed E-state index contributed by atoms with van der Waals surface area (Å²) < 4.78 is 0. The van der Waals surface area contributed by atoms with Crippen LogP contribution in [-0.4, -0.2) is 35.8 Å². The van der Waals surface area contributed by atoms with Crippen LogP contribution in [0.3, 0.4) is 0 Å². The van der Waals surface area contributed by atoms with Crippen molar-refractivity contribution in [1.82, 2.24) is 10.2 Å². The fraction of sp³-hybridized carbons (Fsp3) is 0.818. The zero-order valence-corrected chi connectivity index (χ0v) is 9.16. The molecule has 0 aromatic carbocycles. The molecular weight excluding hydrogens is 192 g/mol. The number of nitrogens with zero attached hydrogens (tertiary/aromatic N) is 1. The van der Waals surface area contributed by atoms with Gasteiger partial charge < -0.3 is 10.2 Å². The Hall–Kier alpha value is -1.06. The van der Waals surface area contributed by atoms with Crippen LogP contribution >= 0.6 is 0 Å². The fourth-order valence-electron chi connectivity index (χ4n) is 1.98. The highest BCUT2D eigenvalue weighted by Gasteiger charge is 2.29. The van der Waals surface area contributed by atoms with E-state index in [9.17, 15) is 9.59 Å². The number of hydrogen-bond acceptors (Lipinski definition) is 2. The van der Waals surface area contributed by atoms with Crippen molar-refractivity contribution in [3.05, 3.63) is 0 Å². The van der Waals surface area contributed by atoms with Gasteiger partial charge in [0.25, 0.3) is 0 Å². The topological polar surface area (TPSA) is 49.4 Å². The molecule has 1 aliphatic heterocycles. The molecule has 1 saturated carbocycles. The predicted molar refractivity (Wildman–Crippen MR) is 56.5 cm³/mol. The first-order valence-corrected chi connectivity index (χ1v) is 5.72. The smallest absolute Gasteiger partial charge is 0.317 e. The van der Waals surface area contributed by atoms with Crippen molar-refractivity contribution >= 4 is 11.8 Å². The van der Waals surface area contributed by atoms with Gasteiger partial charge in [-0.3, -0.25) is 4.79 Å². The number of ketones is 1. The van der Waals surface area contributed by atoms with E-state index in [0.717, 1.165) is 38.8 Å². The number of amides is 2. The molecule has 0 aromatic heterocycles. The minimum Gasteiger partial charge on any atom is -0.335 e. The van der Waals surface area contributed by atoms with Crippen LogP contribution in [0.25, 0.3) is 0 Å². The Kier molecular flexibility index (Phi) is 2.93. The maximum Gasteiger partial charge on any atom is 0.317 e. The summed E-state index contributed by atoms with van der Waals surface area (Å²) in [7, 11) is 0. The quantitative estimate of drug-likeness (QED) is 0.743. The van der Waals surface area contributed by atoms with Crippen molar-refractivity contribution in [3.8, 4) is 0 Å². The molecule has 0 atom stereocenters. The summed E-state index contributed by atoms with van der Waals surface area (Å²) >= 11 is 0. The van der Waals surface area contributed by atoms with Crippen LogP contribution in [-0.2, 0) is 4.79 Å². The van der Waals surface area contributed by atoms with Gasteiger partial charge >= 0.3 is 6.03 Å². The van der Waals surface area contributed by atoms with Crippen LogP contribution in [0.4, 0.5) is 4.79 Å². The predicted octanol–water partition coefficient (Wildman–Crippen LogP) is 1.16. The number of piperidine rings is 1. The van der Waals surface area contributed by atoms with Gasteiger partial charge in [-0.1, -0.05) is 0 Å². The number of rotatable bonds is 2. The first kappa shape index (κ1) is 10.5. The van der Waals surface area contributed by atoms with Crippen LogP contribution in [0, 0.1) is 5.92 Å². The van der Waals surface area contributed by atoms with Crippen molar-refractivity contribution in [3.63, 3.8) is 0 Å². The second-order valence-electron chi connectivity index (χ2n) is 4.60. The van der Waals surface area contributed by atoms with Gasteiger partial charge in [0.2, 0.25) is 0 Å². The van der Waals surface area contributed by atoms with Crippen molar-refractivity contribution < 1.29 is 9.59 Å². The van der Waals surface area contributed by atoms with Crippen LogP contribution in [0.2, 0.25) is 0 Å². The maximum atomic E-state index is 11.7. The van der Waals surface area contributed by atoms with Gasteiger partial charge in [0.15, 0.2) is 0 Å². The van der Waals surface area contributed by atoms with E-state index in [1.807, 2.05) is 4.90 Å². The van der Waals surface area contributed by atoms with Gasteiger partial charge in [-0.05, 0) is 32.6 Å². The monoisotopic (exact) mass is 210 g/mol. The van der Waals surface area contributed by atoms with Crippen LogP contribution < -0.4 is 5.32 Å². The van der Waals surface area contributed by atoms with Crippen molar-refractivity contribution in [2.45, 2.75) is 38.6 Å². The summed E-state index contributed by atoms with van der Waals surface area (Å²) in [6, 6.07) is 0.475.